The van der Waals surface area contributed by atoms with Crippen LogP contribution in [0, 0.1) is 13.8 Å². The molecule has 1 fully saturated rings. The minimum Gasteiger partial charge on any atom is -0.497 e. The molecular formula is C24H31N3O5S. The first-order chi connectivity index (χ1) is 15.7. The molecule has 0 radical (unpaired) electrons. The Bertz CT molecular complexity index is 1100. The van der Waals surface area contributed by atoms with E-state index < -0.39 is 21.8 Å². The van der Waals surface area contributed by atoms with E-state index in [-0.39, 0.29) is 17.5 Å². The van der Waals surface area contributed by atoms with Gasteiger partial charge in [0.1, 0.15) is 5.75 Å². The average Bonchev–Trinajstić information content (AvgIpc) is 3.29. The van der Waals surface area contributed by atoms with Gasteiger partial charge in [-0.2, -0.15) is 4.31 Å². The van der Waals surface area contributed by atoms with Crippen LogP contribution in [0.3, 0.4) is 0 Å². The number of sulfonamides is 1. The molecule has 1 aliphatic heterocycles. The molecule has 2 aromatic rings. The minimum absolute atomic E-state index is 0.0921. The summed E-state index contributed by atoms with van der Waals surface area (Å²) in [5, 5.41) is 5.20. The van der Waals surface area contributed by atoms with E-state index in [0.29, 0.717) is 37.9 Å². The zero-order valence-electron chi connectivity index (χ0n) is 19.3. The first-order valence-corrected chi connectivity index (χ1v) is 12.4. The van der Waals surface area contributed by atoms with Crippen LogP contribution >= 0.6 is 0 Å². The summed E-state index contributed by atoms with van der Waals surface area (Å²) in [6.07, 6.45) is 1.91. The van der Waals surface area contributed by atoms with Gasteiger partial charge in [0.25, 0.3) is 0 Å². The number of aryl methyl sites for hydroxylation is 2. The van der Waals surface area contributed by atoms with Crippen molar-refractivity contribution in [1.29, 1.82) is 0 Å². The standard InChI is InChI=1S/C24H31N3O5S/c1-17-6-7-18(2)22(15-17)33(30,31)27-14-4-5-20(27)16-26-24(29)23(28)25-13-12-19-8-10-21(32-3)11-9-19/h6-11,15,20H,4-5,12-14,16H2,1-3H3,(H,25,28)(H,26,29)/t20-/m1/s1. The van der Waals surface area contributed by atoms with Crippen molar-refractivity contribution in [3.05, 3.63) is 59.2 Å². The lowest BCUT2D eigenvalue weighted by molar-refractivity contribution is -0.139. The van der Waals surface area contributed by atoms with Crippen LogP contribution in [0.5, 0.6) is 5.75 Å². The van der Waals surface area contributed by atoms with Gasteiger partial charge < -0.3 is 15.4 Å². The summed E-state index contributed by atoms with van der Waals surface area (Å²) < 4.78 is 33.0. The zero-order valence-corrected chi connectivity index (χ0v) is 20.1. The fourth-order valence-electron chi connectivity index (χ4n) is 3.92. The maximum Gasteiger partial charge on any atom is 0.309 e. The van der Waals surface area contributed by atoms with Crippen molar-refractivity contribution in [2.75, 3.05) is 26.7 Å². The Hall–Kier alpha value is -2.91. The molecule has 0 aromatic heterocycles. The molecule has 1 heterocycles. The Balaban J connectivity index is 1.52. The van der Waals surface area contributed by atoms with Crippen molar-refractivity contribution in [2.24, 2.45) is 0 Å². The van der Waals surface area contributed by atoms with E-state index in [0.717, 1.165) is 16.9 Å². The van der Waals surface area contributed by atoms with E-state index >= 15 is 0 Å². The van der Waals surface area contributed by atoms with E-state index in [1.165, 1.54) is 4.31 Å². The zero-order chi connectivity index (χ0) is 24.0. The minimum atomic E-state index is -3.69. The van der Waals surface area contributed by atoms with Gasteiger partial charge in [-0.3, -0.25) is 9.59 Å². The second-order valence-electron chi connectivity index (χ2n) is 8.24. The van der Waals surface area contributed by atoms with Crippen LogP contribution in [0.1, 0.15) is 29.5 Å². The molecular weight excluding hydrogens is 442 g/mol. The van der Waals surface area contributed by atoms with Crippen LogP contribution in [0.4, 0.5) is 0 Å². The Morgan fingerprint density at radius 3 is 2.45 bits per heavy atom. The SMILES string of the molecule is COc1ccc(CCNC(=O)C(=O)NC[C@H]2CCCN2S(=O)(=O)c2cc(C)ccc2C)cc1. The molecule has 1 atom stereocenters. The first-order valence-electron chi connectivity index (χ1n) is 11.0. The number of rotatable bonds is 8. The molecule has 1 aliphatic rings. The maximum absolute atomic E-state index is 13.2. The van der Waals surface area contributed by atoms with Crippen molar-refractivity contribution < 1.29 is 22.7 Å². The number of benzene rings is 2. The van der Waals surface area contributed by atoms with E-state index in [9.17, 15) is 18.0 Å². The van der Waals surface area contributed by atoms with Crippen molar-refractivity contribution in [3.63, 3.8) is 0 Å². The summed E-state index contributed by atoms with van der Waals surface area (Å²) >= 11 is 0. The number of nitrogens with one attached hydrogen (secondary N) is 2. The lowest BCUT2D eigenvalue weighted by Gasteiger charge is -2.25. The maximum atomic E-state index is 13.2. The number of nitrogens with zero attached hydrogens (tertiary/aromatic N) is 1. The predicted octanol–water partition coefficient (Wildman–Crippen LogP) is 1.94. The quantitative estimate of drug-likeness (QED) is 0.570. The van der Waals surface area contributed by atoms with Gasteiger partial charge in [0.15, 0.2) is 0 Å². The van der Waals surface area contributed by atoms with Crippen molar-refractivity contribution in [2.45, 2.75) is 44.0 Å². The Labute approximate surface area is 195 Å². The summed E-state index contributed by atoms with van der Waals surface area (Å²) in [5.74, 6) is -0.742. The fourth-order valence-corrected chi connectivity index (χ4v) is 5.93. The molecule has 1 saturated heterocycles. The van der Waals surface area contributed by atoms with Gasteiger partial charge in [0.05, 0.1) is 12.0 Å². The molecule has 0 bridgehead atoms. The van der Waals surface area contributed by atoms with Gasteiger partial charge in [-0.05, 0) is 68.0 Å². The largest absolute Gasteiger partial charge is 0.497 e. The fraction of sp³-hybridized carbons (Fsp3) is 0.417. The first kappa shape index (κ1) is 24.7. The molecule has 9 heteroatoms. The highest BCUT2D eigenvalue weighted by atomic mass is 32.2. The van der Waals surface area contributed by atoms with E-state index in [1.54, 1.807) is 26.2 Å². The summed E-state index contributed by atoms with van der Waals surface area (Å²) in [5.41, 5.74) is 2.57. The molecule has 33 heavy (non-hydrogen) atoms. The molecule has 0 spiro atoms. The van der Waals surface area contributed by atoms with Gasteiger partial charge in [-0.1, -0.05) is 24.3 Å². The Morgan fingerprint density at radius 1 is 1.06 bits per heavy atom. The van der Waals surface area contributed by atoms with Crippen molar-refractivity contribution >= 4 is 21.8 Å². The smallest absolute Gasteiger partial charge is 0.309 e. The summed E-state index contributed by atoms with van der Waals surface area (Å²) in [6, 6.07) is 12.4. The highest BCUT2D eigenvalue weighted by molar-refractivity contribution is 7.89. The average molecular weight is 474 g/mol. The number of amides is 2. The Morgan fingerprint density at radius 2 is 1.76 bits per heavy atom. The molecule has 2 amide bonds. The van der Waals surface area contributed by atoms with Gasteiger partial charge in [0, 0.05) is 25.7 Å². The predicted molar refractivity (Wildman–Crippen MR) is 126 cm³/mol. The summed E-state index contributed by atoms with van der Waals surface area (Å²) in [4.78, 5) is 24.7. The third kappa shape index (κ3) is 6.11. The number of ether oxygens (including phenoxy) is 1. The molecule has 8 nitrogen and oxygen atoms in total. The third-order valence-electron chi connectivity index (χ3n) is 5.82. The van der Waals surface area contributed by atoms with Crippen LogP contribution < -0.4 is 15.4 Å². The van der Waals surface area contributed by atoms with Crippen molar-refractivity contribution in [1.82, 2.24) is 14.9 Å². The van der Waals surface area contributed by atoms with Gasteiger partial charge in [-0.15, -0.1) is 0 Å². The number of carbonyl (C=O) groups is 2. The van der Waals surface area contributed by atoms with E-state index in [1.807, 2.05) is 37.3 Å². The van der Waals surface area contributed by atoms with Crippen LogP contribution in [0.15, 0.2) is 47.4 Å². The monoisotopic (exact) mass is 473 g/mol. The number of hydrogen-bond donors (Lipinski definition) is 2. The molecule has 0 aliphatic carbocycles. The number of carbonyl (C=O) groups excluding carboxylic acids is 2. The van der Waals surface area contributed by atoms with Crippen molar-refractivity contribution in [3.8, 4) is 5.75 Å². The molecule has 2 aromatic carbocycles. The molecule has 3 rings (SSSR count). The highest BCUT2D eigenvalue weighted by Gasteiger charge is 2.36. The Kier molecular flexibility index (Phi) is 8.10. The normalized spacial score (nSPS) is 16.4. The van der Waals surface area contributed by atoms with Crippen LogP contribution in [-0.2, 0) is 26.0 Å². The van der Waals surface area contributed by atoms with Crippen LogP contribution in [0.25, 0.3) is 0 Å². The van der Waals surface area contributed by atoms with Crippen LogP contribution in [0.2, 0.25) is 0 Å². The molecule has 178 valence electrons. The van der Waals surface area contributed by atoms with E-state index in [2.05, 4.69) is 10.6 Å². The number of hydrogen-bond acceptors (Lipinski definition) is 5. The van der Waals surface area contributed by atoms with Gasteiger partial charge in [-0.25, -0.2) is 8.42 Å². The summed E-state index contributed by atoms with van der Waals surface area (Å²) in [7, 11) is -2.09. The second-order valence-corrected chi connectivity index (χ2v) is 10.1. The summed E-state index contributed by atoms with van der Waals surface area (Å²) in [6.45, 7) is 4.43. The number of methoxy groups -OCH3 is 1. The van der Waals surface area contributed by atoms with E-state index in [4.69, 9.17) is 4.74 Å². The van der Waals surface area contributed by atoms with Gasteiger partial charge >= 0.3 is 11.8 Å². The third-order valence-corrected chi connectivity index (χ3v) is 7.91. The lowest BCUT2D eigenvalue weighted by Crippen LogP contribution is -2.47. The molecule has 2 N–H and O–H groups in total. The van der Waals surface area contributed by atoms with Gasteiger partial charge in [0.2, 0.25) is 10.0 Å². The molecule has 0 unspecified atom stereocenters. The second kappa shape index (κ2) is 10.8. The highest BCUT2D eigenvalue weighted by Crippen LogP contribution is 2.28. The lowest BCUT2D eigenvalue weighted by atomic mass is 10.1. The van der Waals surface area contributed by atoms with Crippen LogP contribution in [-0.4, -0.2) is 57.3 Å². The molecule has 0 saturated carbocycles. The topological polar surface area (TPSA) is 105 Å².